The van der Waals surface area contributed by atoms with Gasteiger partial charge in [0.2, 0.25) is 0 Å². The zero-order valence-corrected chi connectivity index (χ0v) is 77.8. The third-order valence-electron chi connectivity index (χ3n) is 20.1. The van der Waals surface area contributed by atoms with Gasteiger partial charge in [0, 0.05) is 93.1 Å². The Kier molecular flexibility index (Phi) is 81.4. The fourth-order valence-electron chi connectivity index (χ4n) is 15.6. The molecule has 7 rings (SSSR count). The van der Waals surface area contributed by atoms with Crippen molar-refractivity contribution < 1.29 is 0 Å². The lowest BCUT2D eigenvalue weighted by atomic mass is 9.88. The molecule has 7 heterocycles. The van der Waals surface area contributed by atoms with Crippen molar-refractivity contribution in [1.29, 1.82) is 0 Å². The second kappa shape index (κ2) is 71.9. The smallest absolute Gasteiger partial charge is 0.0113 e. The monoisotopic (exact) mass is 1410 g/mol. The van der Waals surface area contributed by atoms with Crippen molar-refractivity contribution in [3.8, 4) is 0 Å². The highest BCUT2D eigenvalue weighted by atomic mass is 15.2. The van der Waals surface area contributed by atoms with Crippen LogP contribution in [0.4, 0.5) is 0 Å². The molecule has 0 bridgehead atoms. The molecule has 5 atom stereocenters. The molecule has 0 N–H and O–H groups in total. The molecule has 0 spiro atoms. The molecule has 0 aromatic carbocycles. The normalized spacial score (nSPS) is 21.6. The lowest BCUT2D eigenvalue weighted by molar-refractivity contribution is 0.0428. The molecule has 99 heavy (non-hydrogen) atoms. The van der Waals surface area contributed by atoms with E-state index in [1.165, 1.54) is 188 Å². The number of hydrogen-bond acceptors (Lipinski definition) is 7. The van der Waals surface area contributed by atoms with E-state index in [4.69, 9.17) is 0 Å². The summed E-state index contributed by atoms with van der Waals surface area (Å²) >= 11 is 0. The number of hydrogen-bond donors (Lipinski definition) is 0. The summed E-state index contributed by atoms with van der Waals surface area (Å²) in [5.41, 5.74) is 0. The molecule has 0 aliphatic carbocycles. The number of likely N-dealkylation sites (tertiary alicyclic amines) is 7. The SMILES string of the molecule is CC.CC.CC.CC.CC.CC.CC.CC(C)CC1CCCCN1C(C)C.CC(C)CC1CCCN(C(C)C)C1.CC(C)CC1CCCN1C(C)C.CC(C)CC1CCN(C(C)C)C1.CC(C)CC1CCN(C(C)C)CC1.CC(C)CC1CCN1C(C)C.CC(C)CC1CN(C(C)C)C1. The minimum absolute atomic E-state index is 0.740. The van der Waals surface area contributed by atoms with Crippen molar-refractivity contribution in [3.63, 3.8) is 0 Å². The largest absolute Gasteiger partial charge is 0.301 e. The Morgan fingerprint density at radius 1 is 0.192 bits per heavy atom. The van der Waals surface area contributed by atoms with Gasteiger partial charge in [-0.15, -0.1) is 0 Å². The molecule has 0 radical (unpaired) electrons. The van der Waals surface area contributed by atoms with Crippen LogP contribution in [-0.2, 0) is 0 Å². The minimum Gasteiger partial charge on any atom is -0.301 e. The number of rotatable bonds is 21. The van der Waals surface area contributed by atoms with Gasteiger partial charge in [0.1, 0.15) is 0 Å². The van der Waals surface area contributed by atoms with Crippen LogP contribution in [0.2, 0.25) is 0 Å². The average Bonchev–Trinajstić information content (AvgIpc) is 1.82. The van der Waals surface area contributed by atoms with Crippen LogP contribution in [0.5, 0.6) is 0 Å². The van der Waals surface area contributed by atoms with Crippen LogP contribution >= 0.6 is 0 Å². The second-order valence-electron chi connectivity index (χ2n) is 34.1. The Morgan fingerprint density at radius 2 is 0.444 bits per heavy atom. The van der Waals surface area contributed by atoms with Gasteiger partial charge in [-0.05, 0) is 310 Å². The average molecular weight is 1410 g/mol. The molecule has 608 valence electrons. The summed E-state index contributed by atoms with van der Waals surface area (Å²) in [4.78, 5) is 18.4. The topological polar surface area (TPSA) is 22.7 Å². The Balaban J connectivity index is -0.000000193. The quantitative estimate of drug-likeness (QED) is 0.113. The first-order chi connectivity index (χ1) is 46.7. The third kappa shape index (κ3) is 59.5. The van der Waals surface area contributed by atoms with Crippen molar-refractivity contribution in [2.45, 2.75) is 467 Å². The Morgan fingerprint density at radius 3 is 0.758 bits per heavy atom. The molecular formula is C92H205N7. The summed E-state index contributed by atoms with van der Waals surface area (Å²) < 4.78 is 0. The van der Waals surface area contributed by atoms with Crippen molar-refractivity contribution in [3.05, 3.63) is 0 Å². The van der Waals surface area contributed by atoms with Crippen molar-refractivity contribution in [2.24, 2.45) is 65.1 Å². The van der Waals surface area contributed by atoms with E-state index in [2.05, 4.69) is 228 Å². The first-order valence-electron chi connectivity index (χ1n) is 44.9. The summed E-state index contributed by atoms with van der Waals surface area (Å²) in [6.07, 6.45) is 25.6. The second-order valence-corrected chi connectivity index (χ2v) is 34.1. The minimum atomic E-state index is 0.740. The lowest BCUT2D eigenvalue weighted by Crippen LogP contribution is -2.51. The maximum atomic E-state index is 2.70. The van der Waals surface area contributed by atoms with Crippen LogP contribution in [0.1, 0.15) is 406 Å². The predicted octanol–water partition coefficient (Wildman–Crippen LogP) is 27.3. The fraction of sp³-hybridized carbons (Fsp3) is 1.00. The van der Waals surface area contributed by atoms with Crippen LogP contribution < -0.4 is 0 Å². The van der Waals surface area contributed by atoms with Crippen molar-refractivity contribution >= 4 is 0 Å². The van der Waals surface area contributed by atoms with Gasteiger partial charge in [-0.3, -0.25) is 14.7 Å². The molecule has 0 aromatic heterocycles. The van der Waals surface area contributed by atoms with E-state index in [0.717, 1.165) is 126 Å². The van der Waals surface area contributed by atoms with Crippen LogP contribution in [0, 0.1) is 65.1 Å². The van der Waals surface area contributed by atoms with Crippen LogP contribution in [0.3, 0.4) is 0 Å². The van der Waals surface area contributed by atoms with E-state index in [9.17, 15) is 0 Å². The van der Waals surface area contributed by atoms with E-state index < -0.39 is 0 Å². The highest BCUT2D eigenvalue weighted by Gasteiger charge is 2.32. The molecular weight excluding hydrogens is 1200 g/mol. The van der Waals surface area contributed by atoms with Gasteiger partial charge in [-0.25, -0.2) is 0 Å². The van der Waals surface area contributed by atoms with E-state index >= 15 is 0 Å². The Bertz CT molecular complexity index is 1540. The van der Waals surface area contributed by atoms with Gasteiger partial charge in [-0.2, -0.15) is 0 Å². The van der Waals surface area contributed by atoms with Crippen LogP contribution in [0.15, 0.2) is 0 Å². The summed E-state index contributed by atoms with van der Waals surface area (Å²) in [6.45, 7) is 108. The van der Waals surface area contributed by atoms with Crippen molar-refractivity contribution in [2.75, 3.05) is 72.0 Å². The number of nitrogens with zero attached hydrogens (tertiary/aromatic N) is 7. The highest BCUT2D eigenvalue weighted by Crippen LogP contribution is 2.30. The molecule has 0 saturated carbocycles. The molecule has 0 aromatic rings. The molecule has 7 heteroatoms. The third-order valence-corrected chi connectivity index (χ3v) is 20.1. The van der Waals surface area contributed by atoms with E-state index in [-0.39, 0.29) is 0 Å². The van der Waals surface area contributed by atoms with Gasteiger partial charge in [0.15, 0.2) is 0 Å². The summed E-state index contributed by atoms with van der Waals surface area (Å²) in [5.74, 6) is 10.0. The van der Waals surface area contributed by atoms with Gasteiger partial charge in [0.05, 0.1) is 0 Å². The fourth-order valence-corrected chi connectivity index (χ4v) is 15.6. The Labute approximate surface area is 634 Å². The van der Waals surface area contributed by atoms with Gasteiger partial charge in [0.25, 0.3) is 0 Å². The standard InChI is InChI=1S/3C12H25N.2C11H23N.2C10H21N.7C2H6/c1-10(2)9-12-5-7-13(8-6-12)11(3)4;1-10(2)8-12-6-5-7-13(9-12)11(3)4;1-10(2)9-12-7-5-6-8-13(12)11(3)4;1-9(2)7-11-5-6-12(8-11)10(3)4;1-9(2)8-11-6-5-7-12(11)10(3)4;1-8(2)5-10-6-11(7-10)9(3)4;1-8(2)7-10-5-6-11(10)9(3)4;7*1-2/h3*10-12H,5-9H2,1-4H3;2*9-11H,5-8H2,1-4H3;2*8-10H,5-7H2,1-4H3;7*1-2H3. The van der Waals surface area contributed by atoms with Crippen molar-refractivity contribution in [1.82, 2.24) is 34.3 Å². The highest BCUT2D eigenvalue weighted by molar-refractivity contribution is 4.87. The summed E-state index contributed by atoms with van der Waals surface area (Å²) in [6, 6.07) is 7.90. The maximum absolute atomic E-state index is 2.70. The molecule has 7 aliphatic heterocycles. The molecule has 7 saturated heterocycles. The lowest BCUT2D eigenvalue weighted by Gasteiger charge is -2.44. The van der Waals surface area contributed by atoms with Crippen LogP contribution in [0.25, 0.3) is 0 Å². The molecule has 7 aliphatic rings. The van der Waals surface area contributed by atoms with E-state index in [1.807, 2.05) is 96.9 Å². The van der Waals surface area contributed by atoms with Gasteiger partial charge in [-0.1, -0.05) is 200 Å². The molecule has 0 amide bonds. The zero-order valence-electron chi connectivity index (χ0n) is 77.8. The van der Waals surface area contributed by atoms with E-state index in [0.29, 0.717) is 0 Å². The predicted molar refractivity (Wildman–Crippen MR) is 464 cm³/mol. The summed E-state index contributed by atoms with van der Waals surface area (Å²) in [7, 11) is 0. The van der Waals surface area contributed by atoms with Crippen LogP contribution in [-0.4, -0.2) is 167 Å². The maximum Gasteiger partial charge on any atom is 0.0113 e. The number of piperidine rings is 3. The first kappa shape index (κ1) is 112. The summed E-state index contributed by atoms with van der Waals surface area (Å²) in [5, 5.41) is 0. The Hall–Kier alpha value is -0.280. The molecule has 5 unspecified atom stereocenters. The zero-order chi connectivity index (χ0) is 78.7. The van der Waals surface area contributed by atoms with Gasteiger partial charge < -0.3 is 19.6 Å². The molecule has 7 nitrogen and oxygen atoms in total. The molecule has 7 fully saturated rings. The first-order valence-corrected chi connectivity index (χ1v) is 44.9. The van der Waals surface area contributed by atoms with E-state index in [1.54, 1.807) is 0 Å². The van der Waals surface area contributed by atoms with Gasteiger partial charge >= 0.3 is 0 Å².